The van der Waals surface area contributed by atoms with E-state index in [9.17, 15) is 9.18 Å². The summed E-state index contributed by atoms with van der Waals surface area (Å²) in [5, 5.41) is 0.581. The van der Waals surface area contributed by atoms with Crippen LogP contribution in [0.2, 0.25) is 5.02 Å². The number of carbonyl (C=O) groups is 1. The molecule has 112 valence electrons. The van der Waals surface area contributed by atoms with Crippen LogP contribution in [0.3, 0.4) is 0 Å². The Hall–Kier alpha value is -1.88. The lowest BCUT2D eigenvalue weighted by Gasteiger charge is -2.27. The van der Waals surface area contributed by atoms with Crippen LogP contribution in [0.5, 0.6) is 5.75 Å². The van der Waals surface area contributed by atoms with Gasteiger partial charge in [-0.3, -0.25) is 4.79 Å². The summed E-state index contributed by atoms with van der Waals surface area (Å²) in [4.78, 5) is 16.0. The number of hydrogen-bond donors (Lipinski definition) is 0. The van der Waals surface area contributed by atoms with Gasteiger partial charge in [-0.1, -0.05) is 11.6 Å². The van der Waals surface area contributed by atoms with Gasteiger partial charge < -0.3 is 9.30 Å². The molecule has 0 saturated heterocycles. The molecule has 6 heteroatoms. The van der Waals surface area contributed by atoms with E-state index in [-0.39, 0.29) is 12.4 Å². The van der Waals surface area contributed by atoms with E-state index in [1.54, 1.807) is 38.1 Å². The first kappa shape index (κ1) is 15.5. The van der Waals surface area contributed by atoms with Crippen LogP contribution in [0, 0.1) is 5.41 Å². The smallest absolute Gasteiger partial charge is 0.189 e. The van der Waals surface area contributed by atoms with Crippen molar-refractivity contribution in [2.24, 2.45) is 5.41 Å². The van der Waals surface area contributed by atoms with Gasteiger partial charge in [0.05, 0.1) is 11.7 Å². The Balaban J connectivity index is 1.99. The molecule has 2 rings (SSSR count). The van der Waals surface area contributed by atoms with Crippen LogP contribution in [0.4, 0.5) is 4.39 Å². The molecular weight excluding hydrogens is 295 g/mol. The number of rotatable bonds is 6. The highest BCUT2D eigenvalue weighted by Crippen LogP contribution is 2.33. The first-order valence-corrected chi connectivity index (χ1v) is 6.82. The molecule has 1 atom stereocenters. The zero-order chi connectivity index (χ0) is 15.5. The number of ketones is 1. The molecule has 0 fully saturated rings. The van der Waals surface area contributed by atoms with E-state index in [0.717, 1.165) is 0 Å². The van der Waals surface area contributed by atoms with Crippen molar-refractivity contribution < 1.29 is 13.9 Å². The highest BCUT2D eigenvalue weighted by atomic mass is 35.5. The second kappa shape index (κ2) is 6.26. The lowest BCUT2D eigenvalue weighted by Crippen LogP contribution is -2.35. The van der Waals surface area contributed by atoms with E-state index < -0.39 is 11.7 Å². The molecule has 4 nitrogen and oxygen atoms in total. The molecule has 0 saturated carbocycles. The molecule has 1 heterocycles. The number of aromatic nitrogens is 2. The van der Waals surface area contributed by atoms with Crippen LogP contribution < -0.4 is 4.74 Å². The van der Waals surface area contributed by atoms with E-state index in [0.29, 0.717) is 10.8 Å². The monoisotopic (exact) mass is 310 g/mol. The van der Waals surface area contributed by atoms with Crippen molar-refractivity contribution in [3.8, 4) is 5.75 Å². The Labute approximate surface area is 127 Å². The normalized spacial score (nSPS) is 13.0. The Kier molecular flexibility index (Phi) is 4.63. The zero-order valence-electron chi connectivity index (χ0n) is 11.8. The van der Waals surface area contributed by atoms with Crippen LogP contribution >= 0.6 is 11.6 Å². The summed E-state index contributed by atoms with van der Waals surface area (Å²) < 4.78 is 21.0. The molecule has 21 heavy (non-hydrogen) atoms. The number of Topliss-reactive ketones (excluding diaryl/α,β-unsaturated/α-hetero) is 1. The fourth-order valence-electron chi connectivity index (χ4n) is 1.77. The molecule has 1 aromatic heterocycles. The van der Waals surface area contributed by atoms with Gasteiger partial charge in [0.15, 0.2) is 12.1 Å². The highest BCUT2D eigenvalue weighted by Gasteiger charge is 2.38. The van der Waals surface area contributed by atoms with E-state index in [1.807, 2.05) is 0 Å². The Morgan fingerprint density at radius 1 is 1.43 bits per heavy atom. The summed E-state index contributed by atoms with van der Waals surface area (Å²) in [5.41, 5.74) is -1.22. The fraction of sp³-hybridized carbons (Fsp3) is 0.333. The van der Waals surface area contributed by atoms with Gasteiger partial charge in [-0.15, -0.1) is 0 Å². The molecule has 0 aliphatic heterocycles. The third-order valence-electron chi connectivity index (χ3n) is 3.28. The van der Waals surface area contributed by atoms with E-state index in [1.165, 1.54) is 23.3 Å². The van der Waals surface area contributed by atoms with Crippen molar-refractivity contribution in [1.29, 1.82) is 0 Å². The largest absolute Gasteiger partial charge is 0.486 e. The van der Waals surface area contributed by atoms with Crippen LogP contribution in [0.15, 0.2) is 43.0 Å². The predicted octanol–water partition coefficient (Wildman–Crippen LogP) is 3.68. The van der Waals surface area contributed by atoms with Gasteiger partial charge in [0.25, 0.3) is 0 Å². The summed E-state index contributed by atoms with van der Waals surface area (Å²) in [5.74, 6) is 0.181. The minimum atomic E-state index is -1.50. The molecule has 0 amide bonds. The molecule has 1 unspecified atom stereocenters. The predicted molar refractivity (Wildman–Crippen MR) is 78.1 cm³/mol. The highest BCUT2D eigenvalue weighted by molar-refractivity contribution is 6.30. The second-order valence-electron chi connectivity index (χ2n) is 5.23. The number of imidazole rings is 1. The van der Waals surface area contributed by atoms with Crippen molar-refractivity contribution in [3.05, 3.63) is 48.0 Å². The maximum absolute atomic E-state index is 14.4. The first-order chi connectivity index (χ1) is 9.91. The van der Waals surface area contributed by atoms with Gasteiger partial charge in [0, 0.05) is 17.4 Å². The number of benzene rings is 1. The topological polar surface area (TPSA) is 44.1 Å². The number of alkyl halides is 1. The molecule has 0 bridgehead atoms. The van der Waals surface area contributed by atoms with Crippen LogP contribution in [-0.4, -0.2) is 21.9 Å². The molecule has 2 aromatic rings. The van der Waals surface area contributed by atoms with E-state index in [2.05, 4.69) is 4.98 Å². The Bertz CT molecular complexity index is 597. The van der Waals surface area contributed by atoms with Gasteiger partial charge in [-0.05, 0) is 38.1 Å². The number of halogens is 2. The average Bonchev–Trinajstić information content (AvgIpc) is 2.99. The van der Waals surface area contributed by atoms with Gasteiger partial charge >= 0.3 is 0 Å². The molecule has 1 aromatic carbocycles. The summed E-state index contributed by atoms with van der Waals surface area (Å²) in [7, 11) is 0. The fourth-order valence-corrected chi connectivity index (χ4v) is 1.90. The van der Waals surface area contributed by atoms with Crippen molar-refractivity contribution >= 4 is 17.4 Å². The van der Waals surface area contributed by atoms with Gasteiger partial charge in [-0.25, -0.2) is 9.37 Å². The minimum Gasteiger partial charge on any atom is -0.486 e. The number of hydrogen-bond acceptors (Lipinski definition) is 3. The van der Waals surface area contributed by atoms with Crippen molar-refractivity contribution in [2.75, 3.05) is 6.61 Å². The molecular formula is C15H16ClFN2O2. The second-order valence-corrected chi connectivity index (χ2v) is 5.67. The third kappa shape index (κ3) is 3.61. The average molecular weight is 311 g/mol. The molecule has 0 N–H and O–H groups in total. The van der Waals surface area contributed by atoms with E-state index >= 15 is 0 Å². The standard InChI is InChI=1S/C15H16ClFN2O2/c1-15(2,14(17)19-8-7-18-10-19)13(20)9-21-12-5-3-11(16)4-6-12/h3-8,10,14H,9H2,1-2H3. The van der Waals surface area contributed by atoms with Gasteiger partial charge in [0.1, 0.15) is 12.4 Å². The maximum Gasteiger partial charge on any atom is 0.189 e. The minimum absolute atomic E-state index is 0.205. The van der Waals surface area contributed by atoms with Crippen molar-refractivity contribution in [1.82, 2.24) is 9.55 Å². The summed E-state index contributed by atoms with van der Waals surface area (Å²) >= 11 is 5.76. The maximum atomic E-state index is 14.4. The Morgan fingerprint density at radius 2 is 2.10 bits per heavy atom. The first-order valence-electron chi connectivity index (χ1n) is 6.44. The van der Waals surface area contributed by atoms with Crippen LogP contribution in [0.25, 0.3) is 0 Å². The molecule has 0 spiro atoms. The summed E-state index contributed by atoms with van der Waals surface area (Å²) in [6, 6.07) is 6.64. The quantitative estimate of drug-likeness (QED) is 0.817. The van der Waals surface area contributed by atoms with Crippen molar-refractivity contribution in [3.63, 3.8) is 0 Å². The number of carbonyl (C=O) groups excluding carboxylic acids is 1. The molecule has 0 aliphatic rings. The van der Waals surface area contributed by atoms with Crippen LogP contribution in [0.1, 0.15) is 20.1 Å². The SMILES string of the molecule is CC(C)(C(=O)COc1ccc(Cl)cc1)C(F)n1ccnc1. The Morgan fingerprint density at radius 3 is 2.67 bits per heavy atom. The van der Waals surface area contributed by atoms with E-state index in [4.69, 9.17) is 16.3 Å². The van der Waals surface area contributed by atoms with Gasteiger partial charge in [0.2, 0.25) is 0 Å². The zero-order valence-corrected chi connectivity index (χ0v) is 12.5. The number of ether oxygens (including phenoxy) is 1. The van der Waals surface area contributed by atoms with Crippen molar-refractivity contribution in [2.45, 2.75) is 20.1 Å². The number of nitrogens with zero attached hydrogens (tertiary/aromatic N) is 2. The summed E-state index contributed by atoms with van der Waals surface area (Å²) in [6.45, 7) is 2.89. The third-order valence-corrected chi connectivity index (χ3v) is 3.54. The van der Waals surface area contributed by atoms with Gasteiger partial charge in [-0.2, -0.15) is 0 Å². The van der Waals surface area contributed by atoms with Crippen LogP contribution in [-0.2, 0) is 4.79 Å². The molecule has 0 aliphatic carbocycles. The summed E-state index contributed by atoms with van der Waals surface area (Å²) in [6.07, 6.45) is 2.80. The lowest BCUT2D eigenvalue weighted by molar-refractivity contribution is -0.135. The lowest BCUT2D eigenvalue weighted by atomic mass is 9.87. The molecule has 0 radical (unpaired) electrons.